The molecule has 24 heavy (non-hydrogen) atoms. The van der Waals surface area contributed by atoms with Crippen molar-refractivity contribution in [2.24, 2.45) is 0 Å². The fourth-order valence-corrected chi connectivity index (χ4v) is 2.92. The summed E-state index contributed by atoms with van der Waals surface area (Å²) < 4.78 is 1.63. The highest BCUT2D eigenvalue weighted by molar-refractivity contribution is 7.12. The van der Waals surface area contributed by atoms with Gasteiger partial charge in [-0.15, -0.1) is 11.3 Å². The molecule has 0 unspecified atom stereocenters. The number of hydrazine groups is 1. The van der Waals surface area contributed by atoms with Crippen molar-refractivity contribution in [3.63, 3.8) is 0 Å². The van der Waals surface area contributed by atoms with Gasteiger partial charge in [-0.2, -0.15) is 5.10 Å². The second-order valence-electron chi connectivity index (χ2n) is 5.40. The molecule has 6 nitrogen and oxygen atoms in total. The summed E-state index contributed by atoms with van der Waals surface area (Å²) in [7, 11) is 0. The Morgan fingerprint density at radius 2 is 2.12 bits per heavy atom. The molecule has 124 valence electrons. The standard InChI is InChI=1S/C16H16ClN5OS/c1-10(2)14-11(9-22(21-14)16-18-7-8-24-16)15(23)20-19-13-6-4-3-5-12(13)17/h3-10,19H,1-2H3,(H,20,23). The van der Waals surface area contributed by atoms with E-state index in [0.717, 1.165) is 5.13 Å². The number of aromatic nitrogens is 3. The van der Waals surface area contributed by atoms with Crippen LogP contribution in [-0.2, 0) is 0 Å². The molecule has 0 fully saturated rings. The lowest BCUT2D eigenvalue weighted by atomic mass is 10.1. The van der Waals surface area contributed by atoms with E-state index in [1.54, 1.807) is 29.2 Å². The summed E-state index contributed by atoms with van der Waals surface area (Å²) in [6.07, 6.45) is 3.40. The first-order valence-electron chi connectivity index (χ1n) is 7.36. The Balaban J connectivity index is 1.82. The molecule has 0 atom stereocenters. The van der Waals surface area contributed by atoms with E-state index >= 15 is 0 Å². The molecule has 0 radical (unpaired) electrons. The summed E-state index contributed by atoms with van der Waals surface area (Å²) in [5, 5.41) is 7.61. The largest absolute Gasteiger partial charge is 0.297 e. The number of carbonyl (C=O) groups is 1. The van der Waals surface area contributed by atoms with Crippen molar-refractivity contribution in [1.82, 2.24) is 20.2 Å². The summed E-state index contributed by atoms with van der Waals surface area (Å²) in [6, 6.07) is 7.19. The van der Waals surface area contributed by atoms with Crippen molar-refractivity contribution in [3.8, 4) is 5.13 Å². The number of hydrogen-bond donors (Lipinski definition) is 2. The Morgan fingerprint density at radius 1 is 1.33 bits per heavy atom. The van der Waals surface area contributed by atoms with E-state index in [1.165, 1.54) is 11.3 Å². The Hall–Kier alpha value is -2.38. The monoisotopic (exact) mass is 361 g/mol. The van der Waals surface area contributed by atoms with Crippen LogP contribution in [0.2, 0.25) is 5.02 Å². The lowest BCUT2D eigenvalue weighted by Gasteiger charge is -2.10. The molecule has 2 aromatic heterocycles. The first-order chi connectivity index (χ1) is 11.6. The van der Waals surface area contributed by atoms with Crippen LogP contribution in [0.5, 0.6) is 0 Å². The zero-order valence-corrected chi connectivity index (χ0v) is 14.7. The first-order valence-corrected chi connectivity index (χ1v) is 8.62. The summed E-state index contributed by atoms with van der Waals surface area (Å²) >= 11 is 7.53. The summed E-state index contributed by atoms with van der Waals surface area (Å²) in [5.41, 5.74) is 7.35. The number of amides is 1. The highest BCUT2D eigenvalue weighted by Gasteiger charge is 2.20. The lowest BCUT2D eigenvalue weighted by Crippen LogP contribution is -2.30. The maximum Gasteiger partial charge on any atom is 0.273 e. The van der Waals surface area contributed by atoms with Crippen LogP contribution in [0.1, 0.15) is 35.8 Å². The van der Waals surface area contributed by atoms with Crippen LogP contribution in [-0.4, -0.2) is 20.7 Å². The molecule has 0 aliphatic rings. The molecule has 0 aliphatic carbocycles. The SMILES string of the molecule is CC(C)c1nn(-c2nccs2)cc1C(=O)NNc1ccccc1Cl. The van der Waals surface area contributed by atoms with Crippen molar-refractivity contribution in [2.75, 3.05) is 5.43 Å². The maximum absolute atomic E-state index is 12.6. The van der Waals surface area contributed by atoms with Crippen LogP contribution >= 0.6 is 22.9 Å². The maximum atomic E-state index is 12.6. The highest BCUT2D eigenvalue weighted by Crippen LogP contribution is 2.22. The minimum absolute atomic E-state index is 0.104. The molecule has 1 amide bonds. The van der Waals surface area contributed by atoms with Crippen molar-refractivity contribution < 1.29 is 4.79 Å². The Bertz CT molecular complexity index is 844. The van der Waals surface area contributed by atoms with Crippen LogP contribution in [0.4, 0.5) is 5.69 Å². The summed E-state index contributed by atoms with van der Waals surface area (Å²) in [5.74, 6) is -0.172. The number of anilines is 1. The number of nitrogens with zero attached hydrogens (tertiary/aromatic N) is 3. The smallest absolute Gasteiger partial charge is 0.273 e. The first kappa shape index (κ1) is 16.5. The quantitative estimate of drug-likeness (QED) is 0.677. The van der Waals surface area contributed by atoms with E-state index in [1.807, 2.05) is 31.4 Å². The molecule has 0 spiro atoms. The van der Waals surface area contributed by atoms with E-state index in [-0.39, 0.29) is 11.8 Å². The molecule has 8 heteroatoms. The number of hydrogen-bond acceptors (Lipinski definition) is 5. The average Bonchev–Trinajstić information content (AvgIpc) is 3.22. The van der Waals surface area contributed by atoms with Crippen LogP contribution in [0, 0.1) is 0 Å². The molecular weight excluding hydrogens is 346 g/mol. The molecule has 1 aromatic carbocycles. The highest BCUT2D eigenvalue weighted by atomic mass is 35.5. The second kappa shape index (κ2) is 7.02. The third-order valence-corrected chi connectivity index (χ3v) is 4.42. The summed E-state index contributed by atoms with van der Waals surface area (Å²) in [4.78, 5) is 16.8. The van der Waals surface area contributed by atoms with Crippen molar-refractivity contribution >= 4 is 34.5 Å². The van der Waals surface area contributed by atoms with Gasteiger partial charge in [-0.05, 0) is 18.1 Å². The van der Waals surface area contributed by atoms with E-state index in [4.69, 9.17) is 11.6 Å². The number of para-hydroxylation sites is 1. The average molecular weight is 362 g/mol. The Labute approximate surface area is 148 Å². The number of benzene rings is 1. The van der Waals surface area contributed by atoms with Crippen LogP contribution in [0.15, 0.2) is 42.0 Å². The number of thiazole rings is 1. The molecule has 3 aromatic rings. The van der Waals surface area contributed by atoms with E-state index in [2.05, 4.69) is 20.9 Å². The predicted molar refractivity (Wildman–Crippen MR) is 95.9 cm³/mol. The molecule has 2 N–H and O–H groups in total. The zero-order chi connectivity index (χ0) is 17.1. The predicted octanol–water partition coefficient (Wildman–Crippen LogP) is 3.86. The van der Waals surface area contributed by atoms with Crippen LogP contribution in [0.25, 0.3) is 5.13 Å². The Morgan fingerprint density at radius 3 is 2.79 bits per heavy atom. The fourth-order valence-electron chi connectivity index (χ4n) is 2.17. The van der Waals surface area contributed by atoms with Gasteiger partial charge in [-0.3, -0.25) is 15.6 Å². The van der Waals surface area contributed by atoms with Gasteiger partial charge in [0.15, 0.2) is 0 Å². The second-order valence-corrected chi connectivity index (χ2v) is 6.68. The topological polar surface area (TPSA) is 71.8 Å². The normalized spacial score (nSPS) is 10.8. The van der Waals surface area contributed by atoms with Gasteiger partial charge in [0.2, 0.25) is 5.13 Å². The number of rotatable bonds is 5. The van der Waals surface area contributed by atoms with Gasteiger partial charge in [0, 0.05) is 17.8 Å². The lowest BCUT2D eigenvalue weighted by molar-refractivity contribution is 0.0961. The minimum atomic E-state index is -0.276. The number of nitrogens with one attached hydrogen (secondary N) is 2. The van der Waals surface area contributed by atoms with Gasteiger partial charge < -0.3 is 0 Å². The van der Waals surface area contributed by atoms with Gasteiger partial charge in [-0.25, -0.2) is 9.67 Å². The molecule has 0 bridgehead atoms. The van der Waals surface area contributed by atoms with Crippen molar-refractivity contribution in [1.29, 1.82) is 0 Å². The van der Waals surface area contributed by atoms with E-state index < -0.39 is 0 Å². The number of halogens is 1. The molecular formula is C16H16ClN5OS. The van der Waals surface area contributed by atoms with Gasteiger partial charge in [0.05, 0.1) is 22.0 Å². The Kier molecular flexibility index (Phi) is 4.82. The third kappa shape index (κ3) is 3.42. The van der Waals surface area contributed by atoms with Crippen LogP contribution in [0.3, 0.4) is 0 Å². The molecule has 0 saturated carbocycles. The van der Waals surface area contributed by atoms with Gasteiger partial charge >= 0.3 is 0 Å². The molecule has 3 rings (SSSR count). The van der Waals surface area contributed by atoms with Gasteiger partial charge in [-0.1, -0.05) is 37.6 Å². The molecule has 2 heterocycles. The van der Waals surface area contributed by atoms with Crippen LogP contribution < -0.4 is 10.9 Å². The van der Waals surface area contributed by atoms with E-state index in [9.17, 15) is 4.79 Å². The van der Waals surface area contributed by atoms with E-state index in [0.29, 0.717) is 22.0 Å². The number of carbonyl (C=O) groups excluding carboxylic acids is 1. The summed E-state index contributed by atoms with van der Waals surface area (Å²) in [6.45, 7) is 3.99. The van der Waals surface area contributed by atoms with Crippen molar-refractivity contribution in [3.05, 3.63) is 58.3 Å². The third-order valence-electron chi connectivity index (χ3n) is 3.33. The minimum Gasteiger partial charge on any atom is -0.297 e. The van der Waals surface area contributed by atoms with Gasteiger partial charge in [0.1, 0.15) is 0 Å². The van der Waals surface area contributed by atoms with Crippen molar-refractivity contribution in [2.45, 2.75) is 19.8 Å². The molecule has 0 saturated heterocycles. The molecule has 0 aliphatic heterocycles. The fraction of sp³-hybridized carbons (Fsp3) is 0.188. The van der Waals surface area contributed by atoms with Gasteiger partial charge in [0.25, 0.3) is 5.91 Å². The zero-order valence-electron chi connectivity index (χ0n) is 13.2.